The lowest BCUT2D eigenvalue weighted by Crippen LogP contribution is -2.47. The summed E-state index contributed by atoms with van der Waals surface area (Å²) in [6.45, 7) is 8.85. The van der Waals surface area contributed by atoms with Crippen molar-refractivity contribution in [1.29, 1.82) is 0 Å². The molecule has 1 saturated heterocycles. The van der Waals surface area contributed by atoms with E-state index in [1.54, 1.807) is 19.9 Å². The number of cyclic esters (lactones) is 2. The van der Waals surface area contributed by atoms with Crippen LogP contribution in [0.4, 0.5) is 0 Å². The van der Waals surface area contributed by atoms with Crippen molar-refractivity contribution in [1.82, 2.24) is 10.6 Å². The number of carbonyl (C=O) groups is 4. The average molecular weight is 607 g/mol. The van der Waals surface area contributed by atoms with Gasteiger partial charge < -0.3 is 30.0 Å². The van der Waals surface area contributed by atoms with Crippen LogP contribution < -0.4 is 10.6 Å². The molecule has 2 heterocycles. The minimum atomic E-state index is -1.21. The molecule has 0 spiro atoms. The third-order valence-corrected chi connectivity index (χ3v) is 7.89. The Morgan fingerprint density at radius 1 is 0.932 bits per heavy atom. The van der Waals surface area contributed by atoms with Crippen molar-refractivity contribution in [3.8, 4) is 5.75 Å². The zero-order chi connectivity index (χ0) is 32.0. The number of hydrogen-bond acceptors (Lipinski definition) is 8. The van der Waals surface area contributed by atoms with Crippen molar-refractivity contribution < 1.29 is 38.5 Å². The van der Waals surface area contributed by atoms with Gasteiger partial charge in [0.2, 0.25) is 11.8 Å². The lowest BCUT2D eigenvalue weighted by atomic mass is 9.92. The number of epoxide rings is 1. The van der Waals surface area contributed by atoms with Crippen LogP contribution in [0.5, 0.6) is 5.75 Å². The minimum absolute atomic E-state index is 0.0114. The van der Waals surface area contributed by atoms with Gasteiger partial charge in [-0.3, -0.25) is 14.4 Å². The Morgan fingerprint density at radius 2 is 1.61 bits per heavy atom. The van der Waals surface area contributed by atoms with Gasteiger partial charge in [-0.25, -0.2) is 4.79 Å². The van der Waals surface area contributed by atoms with Crippen molar-refractivity contribution in [3.63, 3.8) is 0 Å². The van der Waals surface area contributed by atoms with Crippen molar-refractivity contribution in [2.45, 2.75) is 77.9 Å². The molecule has 44 heavy (non-hydrogen) atoms. The molecular weight excluding hydrogens is 564 g/mol. The quantitative estimate of drug-likeness (QED) is 0.326. The molecule has 2 amide bonds. The zero-order valence-electron chi connectivity index (χ0n) is 25.8. The topological polar surface area (TPSA) is 144 Å². The summed E-state index contributed by atoms with van der Waals surface area (Å²) in [5.41, 5.74) is 0.258. The first kappa shape index (κ1) is 32.7. The van der Waals surface area contributed by atoms with Crippen molar-refractivity contribution >= 4 is 23.8 Å². The van der Waals surface area contributed by atoms with Gasteiger partial charge in [0, 0.05) is 18.9 Å². The van der Waals surface area contributed by atoms with Gasteiger partial charge in [-0.05, 0) is 55.5 Å². The number of rotatable bonds is 6. The SMILES string of the molecule is CC(C)C[C@@H]1OC(=O)C(C)(C)CNC(=O)[C@@H](c2ccc(O)cc2)NC(=O)/C=C/C[C@@H]([C@H](C)[C@@H]2O[C@@H]2c2ccccc2)OC1=O. The minimum Gasteiger partial charge on any atom is -0.508 e. The van der Waals surface area contributed by atoms with Crippen molar-refractivity contribution in [2.75, 3.05) is 6.54 Å². The number of hydrogen-bond donors (Lipinski definition) is 3. The second-order valence-electron chi connectivity index (χ2n) is 12.6. The van der Waals surface area contributed by atoms with E-state index < -0.39 is 47.4 Å². The van der Waals surface area contributed by atoms with E-state index in [1.165, 1.54) is 30.3 Å². The summed E-state index contributed by atoms with van der Waals surface area (Å²) in [5, 5.41) is 15.1. The van der Waals surface area contributed by atoms with E-state index in [2.05, 4.69) is 10.6 Å². The highest BCUT2D eigenvalue weighted by Crippen LogP contribution is 2.45. The predicted octanol–water partition coefficient (Wildman–Crippen LogP) is 4.30. The number of phenolic OH excluding ortho intramolecular Hbond substituents is 1. The van der Waals surface area contributed by atoms with Crippen LogP contribution in [0, 0.1) is 17.3 Å². The van der Waals surface area contributed by atoms with E-state index >= 15 is 0 Å². The van der Waals surface area contributed by atoms with Gasteiger partial charge in [-0.2, -0.15) is 0 Å². The maximum atomic E-state index is 13.5. The molecule has 0 aromatic heterocycles. The van der Waals surface area contributed by atoms with Crippen LogP contribution in [0.25, 0.3) is 0 Å². The lowest BCUT2D eigenvalue weighted by molar-refractivity contribution is -0.179. The fraction of sp³-hybridized carbons (Fsp3) is 0.471. The summed E-state index contributed by atoms with van der Waals surface area (Å²) in [4.78, 5) is 53.2. The monoisotopic (exact) mass is 606 g/mol. The highest BCUT2D eigenvalue weighted by Gasteiger charge is 2.48. The van der Waals surface area contributed by atoms with Gasteiger partial charge in [0.1, 0.15) is 24.0 Å². The number of amides is 2. The number of ether oxygens (including phenoxy) is 3. The van der Waals surface area contributed by atoms with E-state index in [4.69, 9.17) is 14.2 Å². The van der Waals surface area contributed by atoms with Crippen molar-refractivity contribution in [3.05, 3.63) is 77.9 Å². The molecule has 2 aromatic rings. The second-order valence-corrected chi connectivity index (χ2v) is 12.6. The highest BCUT2D eigenvalue weighted by molar-refractivity contribution is 5.93. The molecule has 6 atom stereocenters. The molecular formula is C34H42N2O8. The van der Waals surface area contributed by atoms with Crippen LogP contribution in [0.15, 0.2) is 66.7 Å². The molecule has 236 valence electrons. The van der Waals surface area contributed by atoms with Gasteiger partial charge in [-0.1, -0.05) is 69.3 Å². The molecule has 0 saturated carbocycles. The van der Waals surface area contributed by atoms with Gasteiger partial charge >= 0.3 is 11.9 Å². The molecule has 4 rings (SSSR count). The summed E-state index contributed by atoms with van der Waals surface area (Å²) < 4.78 is 17.8. The zero-order valence-corrected chi connectivity index (χ0v) is 25.8. The lowest BCUT2D eigenvalue weighted by Gasteiger charge is -2.29. The van der Waals surface area contributed by atoms with Crippen LogP contribution >= 0.6 is 0 Å². The Hall–Kier alpha value is -4.18. The standard InChI is InChI=1S/C34H42N2O8/c1-20(2)18-26-32(40)42-25(21(3)29-30(44-29)23-10-7-6-8-11-23)12-9-13-27(38)36-28(22-14-16-24(37)17-15-22)31(39)35-19-34(4,5)33(41)43-26/h6-11,13-17,20-21,25-26,28-30,37H,12,18-19H2,1-5H3,(H,35,39)(H,36,38)/b13-9+/t21-,25-,26-,28+,29-,30+/m0/s1. The summed E-state index contributed by atoms with van der Waals surface area (Å²) in [5.74, 6) is -2.64. The molecule has 3 N–H and O–H groups in total. The molecule has 0 radical (unpaired) electrons. The van der Waals surface area contributed by atoms with Crippen LogP contribution in [0.2, 0.25) is 0 Å². The van der Waals surface area contributed by atoms with Crippen LogP contribution in [0.1, 0.15) is 70.7 Å². The molecule has 0 unspecified atom stereocenters. The van der Waals surface area contributed by atoms with Crippen LogP contribution in [-0.2, 0) is 33.4 Å². The Morgan fingerprint density at radius 3 is 2.27 bits per heavy atom. The summed E-state index contributed by atoms with van der Waals surface area (Å²) >= 11 is 0. The van der Waals surface area contributed by atoms with Crippen LogP contribution in [-0.4, -0.2) is 53.7 Å². The molecule has 2 aromatic carbocycles. The Labute approximate surface area is 258 Å². The van der Waals surface area contributed by atoms with Gasteiger partial charge in [0.25, 0.3) is 0 Å². The average Bonchev–Trinajstić information content (AvgIpc) is 3.79. The number of phenols is 1. The molecule has 0 bridgehead atoms. The molecule has 10 nitrogen and oxygen atoms in total. The first-order valence-corrected chi connectivity index (χ1v) is 15.0. The number of nitrogens with one attached hydrogen (secondary N) is 2. The predicted molar refractivity (Wildman–Crippen MR) is 162 cm³/mol. The largest absolute Gasteiger partial charge is 0.508 e. The summed E-state index contributed by atoms with van der Waals surface area (Å²) in [7, 11) is 0. The molecule has 1 fully saturated rings. The van der Waals surface area contributed by atoms with E-state index in [9.17, 15) is 24.3 Å². The third-order valence-electron chi connectivity index (χ3n) is 7.89. The summed E-state index contributed by atoms with van der Waals surface area (Å²) in [6, 6.07) is 14.6. The number of esters is 2. The second kappa shape index (κ2) is 14.1. The van der Waals surface area contributed by atoms with Gasteiger partial charge in [0.15, 0.2) is 6.10 Å². The Bertz CT molecular complexity index is 1360. The number of aromatic hydroxyl groups is 1. The Kier molecular flexibility index (Phi) is 10.5. The van der Waals surface area contributed by atoms with E-state index in [-0.39, 0.29) is 49.2 Å². The number of benzene rings is 2. The third kappa shape index (κ3) is 8.47. The van der Waals surface area contributed by atoms with Crippen molar-refractivity contribution in [2.24, 2.45) is 17.3 Å². The molecule has 0 aliphatic carbocycles. The maximum Gasteiger partial charge on any atom is 0.347 e. The normalized spacial score (nSPS) is 27.8. The molecule has 10 heteroatoms. The van der Waals surface area contributed by atoms with E-state index in [0.717, 1.165) is 5.56 Å². The summed E-state index contributed by atoms with van der Waals surface area (Å²) in [6.07, 6.45) is 1.14. The maximum absolute atomic E-state index is 13.5. The smallest absolute Gasteiger partial charge is 0.347 e. The first-order chi connectivity index (χ1) is 20.9. The fourth-order valence-corrected chi connectivity index (χ4v) is 5.10. The van der Waals surface area contributed by atoms with E-state index in [1.807, 2.05) is 51.1 Å². The Balaban J connectivity index is 1.63. The first-order valence-electron chi connectivity index (χ1n) is 15.0. The fourth-order valence-electron chi connectivity index (χ4n) is 5.10. The molecule has 2 aliphatic rings. The molecule has 2 aliphatic heterocycles. The van der Waals surface area contributed by atoms with E-state index in [0.29, 0.717) is 5.56 Å². The van der Waals surface area contributed by atoms with Crippen LogP contribution in [0.3, 0.4) is 0 Å². The number of carbonyl (C=O) groups excluding carboxylic acids is 4. The van der Waals surface area contributed by atoms with Gasteiger partial charge in [0.05, 0.1) is 11.5 Å². The van der Waals surface area contributed by atoms with Gasteiger partial charge in [-0.15, -0.1) is 0 Å². The highest BCUT2D eigenvalue weighted by atomic mass is 16.6.